The molecule has 2 rings (SSSR count). The Morgan fingerprint density at radius 3 is 2.48 bits per heavy atom. The van der Waals surface area contributed by atoms with Crippen LogP contribution >= 0.6 is 11.3 Å². The quantitative estimate of drug-likeness (QED) is 0.888. The van der Waals surface area contributed by atoms with E-state index in [0.717, 1.165) is 24.3 Å². The van der Waals surface area contributed by atoms with Gasteiger partial charge in [-0.05, 0) is 45.8 Å². The second-order valence-electron chi connectivity index (χ2n) is 5.90. The molecule has 1 N–H and O–H groups in total. The first kappa shape index (κ1) is 16.9. The highest BCUT2D eigenvalue weighted by molar-refractivity contribution is 7.89. The van der Waals surface area contributed by atoms with E-state index in [4.69, 9.17) is 5.11 Å². The molecule has 0 saturated carbocycles. The van der Waals surface area contributed by atoms with Crippen molar-refractivity contribution in [3.8, 4) is 0 Å². The lowest BCUT2D eigenvalue weighted by molar-refractivity contribution is 0.225. The average Bonchev–Trinajstić information content (AvgIpc) is 2.81. The highest BCUT2D eigenvalue weighted by Gasteiger charge is 2.31. The largest absolute Gasteiger partial charge is 0.391 e. The van der Waals surface area contributed by atoms with Crippen LogP contribution in [0, 0.1) is 12.8 Å². The maximum atomic E-state index is 12.7. The Labute approximate surface area is 131 Å². The van der Waals surface area contributed by atoms with Crippen LogP contribution in [0.5, 0.6) is 0 Å². The molecular weight excluding hydrogens is 308 g/mol. The average molecular weight is 332 g/mol. The molecule has 7 heteroatoms. The van der Waals surface area contributed by atoms with Gasteiger partial charge in [-0.25, -0.2) is 8.42 Å². The van der Waals surface area contributed by atoms with Crippen LogP contribution in [0.15, 0.2) is 11.0 Å². The second-order valence-corrected chi connectivity index (χ2v) is 9.15. The van der Waals surface area contributed by atoms with Crippen molar-refractivity contribution in [2.24, 2.45) is 5.92 Å². The molecule has 120 valence electrons. The third-order valence-corrected chi connectivity index (χ3v) is 7.08. The number of aliphatic hydroxyl groups is 1. The molecule has 1 aliphatic rings. The highest BCUT2D eigenvalue weighted by atomic mass is 32.2. The molecule has 0 radical (unpaired) electrons. The van der Waals surface area contributed by atoms with Crippen molar-refractivity contribution in [3.05, 3.63) is 15.8 Å². The zero-order valence-corrected chi connectivity index (χ0v) is 14.5. The van der Waals surface area contributed by atoms with Crippen LogP contribution in [0.1, 0.15) is 22.6 Å². The number of piperidine rings is 1. The first-order chi connectivity index (χ1) is 9.84. The number of aliphatic hydroxyl groups excluding tert-OH is 1. The molecule has 0 unspecified atom stereocenters. The SMILES string of the molecule is Cc1sc(CO)cc1S(=O)(=O)N1CCC(CN(C)C)CC1. The van der Waals surface area contributed by atoms with E-state index in [-0.39, 0.29) is 6.61 Å². The Balaban J connectivity index is 2.09. The summed E-state index contributed by atoms with van der Waals surface area (Å²) < 4.78 is 27.0. The third-order valence-electron chi connectivity index (χ3n) is 3.89. The van der Waals surface area contributed by atoms with Gasteiger partial charge in [0.1, 0.15) is 0 Å². The summed E-state index contributed by atoms with van der Waals surface area (Å²) in [4.78, 5) is 3.98. The molecular formula is C14H24N2O3S2. The van der Waals surface area contributed by atoms with Gasteiger partial charge in [0.15, 0.2) is 0 Å². The van der Waals surface area contributed by atoms with Crippen LogP contribution in [0.2, 0.25) is 0 Å². The predicted molar refractivity (Wildman–Crippen MR) is 85.0 cm³/mol. The fourth-order valence-electron chi connectivity index (χ4n) is 2.85. The lowest BCUT2D eigenvalue weighted by Gasteiger charge is -2.32. The van der Waals surface area contributed by atoms with Gasteiger partial charge in [0, 0.05) is 29.4 Å². The first-order valence-electron chi connectivity index (χ1n) is 7.19. The van der Waals surface area contributed by atoms with E-state index in [1.807, 2.05) is 14.1 Å². The van der Waals surface area contributed by atoms with Crippen LogP contribution in [0.4, 0.5) is 0 Å². The van der Waals surface area contributed by atoms with Crippen molar-refractivity contribution >= 4 is 21.4 Å². The van der Waals surface area contributed by atoms with Gasteiger partial charge >= 0.3 is 0 Å². The van der Waals surface area contributed by atoms with Crippen molar-refractivity contribution < 1.29 is 13.5 Å². The summed E-state index contributed by atoms with van der Waals surface area (Å²) in [6, 6.07) is 1.61. The minimum absolute atomic E-state index is 0.105. The van der Waals surface area contributed by atoms with Crippen molar-refractivity contribution in [2.75, 3.05) is 33.7 Å². The van der Waals surface area contributed by atoms with E-state index < -0.39 is 10.0 Å². The normalized spacial score (nSPS) is 18.5. The van der Waals surface area contributed by atoms with Gasteiger partial charge < -0.3 is 10.0 Å². The number of hydrogen-bond acceptors (Lipinski definition) is 5. The van der Waals surface area contributed by atoms with E-state index in [0.29, 0.717) is 28.8 Å². The van der Waals surface area contributed by atoms with Gasteiger partial charge in [-0.1, -0.05) is 0 Å². The van der Waals surface area contributed by atoms with Crippen molar-refractivity contribution in [2.45, 2.75) is 31.3 Å². The lowest BCUT2D eigenvalue weighted by atomic mass is 9.98. The molecule has 0 atom stereocenters. The standard InChI is InChI=1S/C14H24N2O3S2/c1-11-14(8-13(10-17)20-11)21(18,19)16-6-4-12(5-7-16)9-15(2)3/h8,12,17H,4-7,9-10H2,1-3H3. The van der Waals surface area contributed by atoms with E-state index in [2.05, 4.69) is 4.90 Å². The van der Waals surface area contributed by atoms with Gasteiger partial charge in [-0.3, -0.25) is 0 Å². The van der Waals surface area contributed by atoms with Crippen LogP contribution in [-0.2, 0) is 16.6 Å². The van der Waals surface area contributed by atoms with E-state index >= 15 is 0 Å². The minimum Gasteiger partial charge on any atom is -0.391 e. The zero-order valence-electron chi connectivity index (χ0n) is 12.9. The van der Waals surface area contributed by atoms with Gasteiger partial charge in [-0.15, -0.1) is 11.3 Å². The first-order valence-corrected chi connectivity index (χ1v) is 9.45. The molecule has 0 aromatic carbocycles. The Bertz CT molecular complexity index is 573. The molecule has 0 aliphatic carbocycles. The second kappa shape index (κ2) is 6.75. The number of thiophene rings is 1. The molecule has 0 amide bonds. The van der Waals surface area contributed by atoms with Crippen molar-refractivity contribution in [1.29, 1.82) is 0 Å². The minimum atomic E-state index is -3.41. The topological polar surface area (TPSA) is 60.9 Å². The highest BCUT2D eigenvalue weighted by Crippen LogP contribution is 2.30. The Morgan fingerprint density at radius 2 is 2.00 bits per heavy atom. The van der Waals surface area contributed by atoms with Crippen molar-refractivity contribution in [1.82, 2.24) is 9.21 Å². The van der Waals surface area contributed by atoms with Gasteiger partial charge in [0.2, 0.25) is 10.0 Å². The molecule has 1 aromatic rings. The predicted octanol–water partition coefficient (Wildman–Crippen LogP) is 1.51. The molecule has 21 heavy (non-hydrogen) atoms. The summed E-state index contributed by atoms with van der Waals surface area (Å²) in [6.45, 7) is 3.89. The molecule has 1 fully saturated rings. The fraction of sp³-hybridized carbons (Fsp3) is 0.714. The zero-order chi connectivity index (χ0) is 15.6. The number of rotatable bonds is 5. The van der Waals surface area contributed by atoms with Gasteiger partial charge in [0.05, 0.1) is 11.5 Å². The molecule has 5 nitrogen and oxygen atoms in total. The molecule has 1 aliphatic heterocycles. The maximum Gasteiger partial charge on any atom is 0.244 e. The van der Waals surface area contributed by atoms with Gasteiger partial charge in [0.25, 0.3) is 0 Å². The van der Waals surface area contributed by atoms with E-state index in [1.165, 1.54) is 11.3 Å². The third kappa shape index (κ3) is 3.84. The Kier molecular flexibility index (Phi) is 5.43. The van der Waals surface area contributed by atoms with Crippen molar-refractivity contribution in [3.63, 3.8) is 0 Å². The van der Waals surface area contributed by atoms with Crippen LogP contribution in [0.25, 0.3) is 0 Å². The smallest absolute Gasteiger partial charge is 0.244 e. The van der Waals surface area contributed by atoms with Gasteiger partial charge in [-0.2, -0.15) is 4.31 Å². The number of sulfonamides is 1. The van der Waals surface area contributed by atoms with Crippen LogP contribution in [-0.4, -0.2) is 56.5 Å². The summed E-state index contributed by atoms with van der Waals surface area (Å²) in [6.07, 6.45) is 1.82. The molecule has 0 spiro atoms. The summed E-state index contributed by atoms with van der Waals surface area (Å²) in [5, 5.41) is 9.17. The fourth-order valence-corrected chi connectivity index (χ4v) is 5.78. The molecule has 2 heterocycles. The summed E-state index contributed by atoms with van der Waals surface area (Å²) >= 11 is 1.35. The number of nitrogens with zero attached hydrogens (tertiary/aromatic N) is 2. The van der Waals surface area contributed by atoms with E-state index in [9.17, 15) is 8.42 Å². The number of hydrogen-bond donors (Lipinski definition) is 1. The molecule has 1 aromatic heterocycles. The summed E-state index contributed by atoms with van der Waals surface area (Å²) in [5.41, 5.74) is 0. The summed E-state index contributed by atoms with van der Waals surface area (Å²) in [7, 11) is 0.685. The summed E-state index contributed by atoms with van der Waals surface area (Å²) in [5.74, 6) is 0.572. The Morgan fingerprint density at radius 1 is 1.38 bits per heavy atom. The maximum absolute atomic E-state index is 12.7. The number of aryl methyl sites for hydroxylation is 1. The van der Waals surface area contributed by atoms with E-state index in [1.54, 1.807) is 17.3 Å². The Hall–Kier alpha value is -0.470. The van der Waals surface area contributed by atoms with Crippen LogP contribution in [0.3, 0.4) is 0 Å². The van der Waals surface area contributed by atoms with Crippen LogP contribution < -0.4 is 0 Å². The molecule has 1 saturated heterocycles. The lowest BCUT2D eigenvalue weighted by Crippen LogP contribution is -2.40. The monoisotopic (exact) mass is 332 g/mol. The molecule has 0 bridgehead atoms.